The van der Waals surface area contributed by atoms with E-state index in [0.29, 0.717) is 31.2 Å². The molecule has 3 rings (SSSR count). The van der Waals surface area contributed by atoms with Crippen LogP contribution in [0.25, 0.3) is 0 Å². The molecule has 1 unspecified atom stereocenters. The van der Waals surface area contributed by atoms with Crippen LogP contribution >= 0.6 is 0 Å². The molecule has 6 heteroatoms. The average Bonchev–Trinajstić information content (AvgIpc) is 2.64. The minimum atomic E-state index is -3.48. The van der Waals surface area contributed by atoms with E-state index in [2.05, 4.69) is 26.0 Å². The molecule has 0 saturated carbocycles. The van der Waals surface area contributed by atoms with Gasteiger partial charge in [-0.3, -0.25) is 0 Å². The summed E-state index contributed by atoms with van der Waals surface area (Å²) in [6.07, 6.45) is -0.270. The van der Waals surface area contributed by atoms with E-state index in [1.54, 1.807) is 0 Å². The Labute approximate surface area is 154 Å². The van der Waals surface area contributed by atoms with Crippen molar-refractivity contribution < 1.29 is 17.5 Å². The number of hydrogen-bond acceptors (Lipinski definition) is 3. The van der Waals surface area contributed by atoms with E-state index in [9.17, 15) is 12.8 Å². The Kier molecular flexibility index (Phi) is 5.75. The molecule has 140 valence electrons. The van der Waals surface area contributed by atoms with E-state index in [1.807, 2.05) is 12.1 Å². The van der Waals surface area contributed by atoms with Crippen LogP contribution in [0.3, 0.4) is 0 Å². The molecule has 0 radical (unpaired) electrons. The van der Waals surface area contributed by atoms with Crippen LogP contribution in [0.2, 0.25) is 0 Å². The maximum Gasteiger partial charge on any atom is 0.218 e. The van der Waals surface area contributed by atoms with E-state index in [0.717, 1.165) is 5.56 Å². The first-order valence-electron chi connectivity index (χ1n) is 8.79. The summed E-state index contributed by atoms with van der Waals surface area (Å²) in [5.41, 5.74) is 2.80. The summed E-state index contributed by atoms with van der Waals surface area (Å²) in [4.78, 5) is 0. The molecule has 1 fully saturated rings. The minimum absolute atomic E-state index is 0.133. The summed E-state index contributed by atoms with van der Waals surface area (Å²) in [5.74, 6) is -0.0573. The van der Waals surface area contributed by atoms with Gasteiger partial charge >= 0.3 is 0 Å². The number of hydrogen-bond donors (Lipinski definition) is 0. The maximum atomic E-state index is 13.0. The van der Waals surface area contributed by atoms with Crippen LogP contribution in [0.4, 0.5) is 4.39 Å². The lowest BCUT2D eigenvalue weighted by Gasteiger charge is -2.32. The molecule has 1 heterocycles. The first-order valence-corrected chi connectivity index (χ1v) is 10.4. The van der Waals surface area contributed by atoms with Gasteiger partial charge in [0, 0.05) is 13.1 Å². The third-order valence-electron chi connectivity index (χ3n) is 4.66. The largest absolute Gasteiger partial charge is 0.371 e. The van der Waals surface area contributed by atoms with Crippen molar-refractivity contribution in [3.63, 3.8) is 0 Å². The van der Waals surface area contributed by atoms with Crippen LogP contribution < -0.4 is 0 Å². The molecule has 0 N–H and O–H groups in total. The second-order valence-electron chi connectivity index (χ2n) is 6.92. The Hall–Kier alpha value is -1.76. The van der Waals surface area contributed by atoms with Crippen molar-refractivity contribution >= 4 is 10.0 Å². The summed E-state index contributed by atoms with van der Waals surface area (Å²) >= 11 is 0. The van der Waals surface area contributed by atoms with E-state index in [4.69, 9.17) is 4.74 Å². The van der Waals surface area contributed by atoms with Gasteiger partial charge in [-0.1, -0.05) is 50.2 Å². The van der Waals surface area contributed by atoms with E-state index >= 15 is 0 Å². The number of benzene rings is 2. The van der Waals surface area contributed by atoms with Gasteiger partial charge in [-0.15, -0.1) is 0 Å². The van der Waals surface area contributed by atoms with Crippen molar-refractivity contribution in [3.8, 4) is 0 Å². The van der Waals surface area contributed by atoms with Gasteiger partial charge in [0.2, 0.25) is 10.0 Å². The van der Waals surface area contributed by atoms with Crippen LogP contribution in [0, 0.1) is 5.82 Å². The Morgan fingerprint density at radius 2 is 1.77 bits per heavy atom. The van der Waals surface area contributed by atoms with Crippen molar-refractivity contribution in [2.45, 2.75) is 31.6 Å². The predicted molar refractivity (Wildman–Crippen MR) is 99.8 cm³/mol. The zero-order chi connectivity index (χ0) is 18.7. The predicted octanol–water partition coefficient (Wildman–Crippen LogP) is 3.85. The highest BCUT2D eigenvalue weighted by molar-refractivity contribution is 7.88. The number of nitrogens with zero attached hydrogens (tertiary/aromatic N) is 1. The van der Waals surface area contributed by atoms with Crippen molar-refractivity contribution in [2.75, 3.05) is 19.7 Å². The molecule has 0 spiro atoms. The standard InChI is InChI=1S/C20H24FNO3S/c1-15(2)17-5-7-18(8-6-17)20-13-22(11-12-25-20)26(23,24)14-16-3-9-19(21)10-4-16/h3-10,15,20H,11-14H2,1-2H3. The number of ether oxygens (including phenoxy) is 1. The van der Waals surface area contributed by atoms with Gasteiger partial charge in [-0.25, -0.2) is 12.8 Å². The summed E-state index contributed by atoms with van der Waals surface area (Å²) in [6.45, 7) is 5.26. The van der Waals surface area contributed by atoms with Gasteiger partial charge < -0.3 is 4.74 Å². The lowest BCUT2D eigenvalue weighted by atomic mass is 10.00. The molecule has 4 nitrogen and oxygen atoms in total. The maximum absolute atomic E-state index is 13.0. The highest BCUT2D eigenvalue weighted by atomic mass is 32.2. The fourth-order valence-electron chi connectivity index (χ4n) is 3.06. The first-order chi connectivity index (χ1) is 12.3. The minimum Gasteiger partial charge on any atom is -0.371 e. The number of rotatable bonds is 5. The molecule has 2 aromatic carbocycles. The van der Waals surface area contributed by atoms with E-state index in [1.165, 1.54) is 34.1 Å². The lowest BCUT2D eigenvalue weighted by molar-refractivity contribution is -0.00261. The molecule has 0 amide bonds. The van der Waals surface area contributed by atoms with E-state index < -0.39 is 10.0 Å². The third kappa shape index (κ3) is 4.50. The van der Waals surface area contributed by atoms with Gasteiger partial charge in [-0.05, 0) is 34.7 Å². The number of morpholine rings is 1. The van der Waals surface area contributed by atoms with E-state index in [-0.39, 0.29) is 17.7 Å². The van der Waals surface area contributed by atoms with Crippen molar-refractivity contribution in [1.29, 1.82) is 0 Å². The highest BCUT2D eigenvalue weighted by Gasteiger charge is 2.30. The Balaban J connectivity index is 1.71. The molecule has 0 bridgehead atoms. The zero-order valence-corrected chi connectivity index (χ0v) is 15.9. The summed E-state index contributed by atoms with van der Waals surface area (Å²) in [6, 6.07) is 13.7. The SMILES string of the molecule is CC(C)c1ccc(C2CN(S(=O)(=O)Cc3ccc(F)cc3)CCO2)cc1. The molecule has 1 atom stereocenters. The molecular formula is C20H24FNO3S. The summed E-state index contributed by atoms with van der Waals surface area (Å²) in [5, 5.41) is 0. The fourth-order valence-corrected chi connectivity index (χ4v) is 4.57. The zero-order valence-electron chi connectivity index (χ0n) is 15.1. The molecule has 1 aliphatic rings. The Bertz CT molecular complexity index is 832. The van der Waals surface area contributed by atoms with Crippen molar-refractivity contribution in [1.82, 2.24) is 4.31 Å². The molecule has 0 aromatic heterocycles. The first kappa shape index (κ1) is 19.0. The van der Waals surface area contributed by atoms with Crippen LogP contribution in [-0.2, 0) is 20.5 Å². The van der Waals surface area contributed by atoms with Gasteiger partial charge in [0.15, 0.2) is 0 Å². The van der Waals surface area contributed by atoms with Crippen molar-refractivity contribution in [2.24, 2.45) is 0 Å². The Morgan fingerprint density at radius 1 is 1.12 bits per heavy atom. The second-order valence-corrected chi connectivity index (χ2v) is 8.89. The average molecular weight is 377 g/mol. The van der Waals surface area contributed by atoms with Gasteiger partial charge in [0.25, 0.3) is 0 Å². The second kappa shape index (κ2) is 7.86. The van der Waals surface area contributed by atoms with Gasteiger partial charge in [-0.2, -0.15) is 4.31 Å². The van der Waals surface area contributed by atoms with Crippen LogP contribution in [-0.4, -0.2) is 32.4 Å². The molecular weight excluding hydrogens is 353 g/mol. The monoisotopic (exact) mass is 377 g/mol. The number of halogens is 1. The molecule has 26 heavy (non-hydrogen) atoms. The topological polar surface area (TPSA) is 46.6 Å². The van der Waals surface area contributed by atoms with Crippen molar-refractivity contribution in [3.05, 3.63) is 71.0 Å². The molecule has 2 aromatic rings. The lowest BCUT2D eigenvalue weighted by Crippen LogP contribution is -2.42. The van der Waals surface area contributed by atoms with Crippen LogP contribution in [0.15, 0.2) is 48.5 Å². The van der Waals surface area contributed by atoms with Crippen LogP contribution in [0.1, 0.15) is 42.6 Å². The fraction of sp³-hybridized carbons (Fsp3) is 0.400. The normalized spacial score (nSPS) is 19.0. The Morgan fingerprint density at radius 3 is 2.38 bits per heavy atom. The smallest absolute Gasteiger partial charge is 0.218 e. The summed E-state index contributed by atoms with van der Waals surface area (Å²) in [7, 11) is -3.48. The van der Waals surface area contributed by atoms with Crippen LogP contribution in [0.5, 0.6) is 0 Å². The number of sulfonamides is 1. The quantitative estimate of drug-likeness (QED) is 0.795. The third-order valence-corrected chi connectivity index (χ3v) is 6.48. The van der Waals surface area contributed by atoms with Gasteiger partial charge in [0.05, 0.1) is 18.5 Å². The summed E-state index contributed by atoms with van der Waals surface area (Å²) < 4.78 is 45.8. The van der Waals surface area contributed by atoms with Gasteiger partial charge in [0.1, 0.15) is 5.82 Å². The molecule has 1 saturated heterocycles. The molecule has 1 aliphatic heterocycles. The molecule has 0 aliphatic carbocycles. The highest BCUT2D eigenvalue weighted by Crippen LogP contribution is 2.26.